The van der Waals surface area contributed by atoms with Crippen LogP contribution in [0.5, 0.6) is 5.75 Å². The highest BCUT2D eigenvalue weighted by Gasteiger charge is 2.25. The molecule has 94 valence electrons. The van der Waals surface area contributed by atoms with Crippen molar-refractivity contribution in [2.24, 2.45) is 11.8 Å². The van der Waals surface area contributed by atoms with E-state index in [1.54, 1.807) is 0 Å². The summed E-state index contributed by atoms with van der Waals surface area (Å²) in [6.07, 6.45) is 5.20. The summed E-state index contributed by atoms with van der Waals surface area (Å²) in [5, 5.41) is 0. The lowest BCUT2D eigenvalue weighted by Gasteiger charge is -2.23. The van der Waals surface area contributed by atoms with E-state index >= 15 is 0 Å². The molecule has 3 heteroatoms. The van der Waals surface area contributed by atoms with Gasteiger partial charge in [0.25, 0.3) is 0 Å². The lowest BCUT2D eigenvalue weighted by atomic mass is 9.92. The maximum atomic E-state index is 5.72. The Morgan fingerprint density at radius 3 is 2.82 bits per heavy atom. The molecule has 0 aromatic heterocycles. The summed E-state index contributed by atoms with van der Waals surface area (Å²) >= 11 is 0. The fourth-order valence-electron chi connectivity index (χ4n) is 2.76. The van der Waals surface area contributed by atoms with Gasteiger partial charge in [0.2, 0.25) is 0 Å². The smallest absolute Gasteiger partial charge is 0.119 e. The van der Waals surface area contributed by atoms with Crippen molar-refractivity contribution in [3.63, 3.8) is 0 Å². The minimum Gasteiger partial charge on any atom is -0.494 e. The fraction of sp³-hybridized carbons (Fsp3) is 0.571. The van der Waals surface area contributed by atoms with Gasteiger partial charge in [-0.15, -0.1) is 0 Å². The first-order valence-electron chi connectivity index (χ1n) is 6.54. The highest BCUT2D eigenvalue weighted by Crippen LogP contribution is 2.36. The molecule has 0 aliphatic heterocycles. The number of hydrogen-bond acceptors (Lipinski definition) is 3. The number of rotatable bonds is 5. The van der Waals surface area contributed by atoms with Crippen LogP contribution in [0.15, 0.2) is 24.3 Å². The Morgan fingerprint density at radius 1 is 1.41 bits per heavy atom. The number of nitrogens with one attached hydrogen (secondary N) is 1. The van der Waals surface area contributed by atoms with Crippen molar-refractivity contribution in [3.05, 3.63) is 29.8 Å². The number of ether oxygens (including phenoxy) is 1. The summed E-state index contributed by atoms with van der Waals surface area (Å²) in [5.41, 5.74) is 4.22. The van der Waals surface area contributed by atoms with Crippen LogP contribution in [0.4, 0.5) is 0 Å². The zero-order valence-electron chi connectivity index (χ0n) is 10.5. The molecule has 1 aliphatic carbocycles. The molecule has 0 amide bonds. The maximum Gasteiger partial charge on any atom is 0.119 e. The third-order valence-corrected chi connectivity index (χ3v) is 3.58. The molecular formula is C14H22N2O. The lowest BCUT2D eigenvalue weighted by molar-refractivity contribution is 0.336. The van der Waals surface area contributed by atoms with Gasteiger partial charge in [0.15, 0.2) is 0 Å². The van der Waals surface area contributed by atoms with Crippen molar-refractivity contribution < 1.29 is 4.74 Å². The summed E-state index contributed by atoms with van der Waals surface area (Å²) in [6, 6.07) is 8.53. The van der Waals surface area contributed by atoms with Crippen LogP contribution in [-0.2, 0) is 0 Å². The van der Waals surface area contributed by atoms with Gasteiger partial charge in [0.05, 0.1) is 6.61 Å². The Morgan fingerprint density at radius 2 is 2.18 bits per heavy atom. The van der Waals surface area contributed by atoms with E-state index in [9.17, 15) is 0 Å². The second-order valence-electron chi connectivity index (χ2n) is 4.69. The zero-order chi connectivity index (χ0) is 12.1. The van der Waals surface area contributed by atoms with E-state index in [4.69, 9.17) is 10.6 Å². The van der Waals surface area contributed by atoms with Crippen LogP contribution in [0.3, 0.4) is 0 Å². The largest absolute Gasteiger partial charge is 0.494 e. The first kappa shape index (κ1) is 12.4. The minimum absolute atomic E-state index is 0.262. The van der Waals surface area contributed by atoms with Crippen LogP contribution in [0.2, 0.25) is 0 Å². The standard InChI is InChI=1S/C14H22N2O/c1-2-17-13-9-5-8-12(10-13)14(16-15)11-6-3-4-7-11/h5,8-11,14,16H,2-4,6-7,15H2,1H3. The van der Waals surface area contributed by atoms with E-state index in [-0.39, 0.29) is 6.04 Å². The molecule has 17 heavy (non-hydrogen) atoms. The van der Waals surface area contributed by atoms with E-state index in [1.165, 1.54) is 31.2 Å². The molecule has 0 radical (unpaired) electrons. The Hall–Kier alpha value is -1.06. The van der Waals surface area contributed by atoms with Gasteiger partial charge in [-0.05, 0) is 43.4 Å². The lowest BCUT2D eigenvalue weighted by Crippen LogP contribution is -2.32. The fourth-order valence-corrected chi connectivity index (χ4v) is 2.76. The molecule has 0 bridgehead atoms. The molecule has 1 unspecified atom stereocenters. The highest BCUT2D eigenvalue weighted by molar-refractivity contribution is 5.31. The van der Waals surface area contributed by atoms with Gasteiger partial charge in [-0.3, -0.25) is 11.3 Å². The van der Waals surface area contributed by atoms with Crippen molar-refractivity contribution >= 4 is 0 Å². The van der Waals surface area contributed by atoms with Crippen LogP contribution >= 0.6 is 0 Å². The number of benzene rings is 1. The van der Waals surface area contributed by atoms with Gasteiger partial charge in [-0.2, -0.15) is 0 Å². The first-order valence-corrected chi connectivity index (χ1v) is 6.54. The topological polar surface area (TPSA) is 47.3 Å². The van der Waals surface area contributed by atoms with Crippen molar-refractivity contribution in [2.75, 3.05) is 6.61 Å². The zero-order valence-corrected chi connectivity index (χ0v) is 10.5. The number of hydrogen-bond donors (Lipinski definition) is 2. The predicted molar refractivity (Wildman–Crippen MR) is 69.6 cm³/mol. The molecule has 1 fully saturated rings. The van der Waals surface area contributed by atoms with Gasteiger partial charge < -0.3 is 4.74 Å². The molecule has 0 saturated heterocycles. The van der Waals surface area contributed by atoms with Crippen molar-refractivity contribution in [1.29, 1.82) is 0 Å². The molecule has 0 spiro atoms. The normalized spacial score (nSPS) is 18.2. The molecule has 3 nitrogen and oxygen atoms in total. The molecule has 2 rings (SSSR count). The Kier molecular flexibility index (Phi) is 4.40. The molecule has 1 aromatic carbocycles. The Balaban J connectivity index is 2.14. The van der Waals surface area contributed by atoms with E-state index < -0.39 is 0 Å². The summed E-state index contributed by atoms with van der Waals surface area (Å²) in [5.74, 6) is 7.32. The monoisotopic (exact) mass is 234 g/mol. The van der Waals surface area contributed by atoms with Gasteiger partial charge in [0.1, 0.15) is 5.75 Å². The third-order valence-electron chi connectivity index (χ3n) is 3.58. The summed E-state index contributed by atoms with van der Waals surface area (Å²) in [7, 11) is 0. The molecule has 1 atom stereocenters. The third kappa shape index (κ3) is 2.99. The van der Waals surface area contributed by atoms with E-state index in [0.29, 0.717) is 12.5 Å². The quantitative estimate of drug-likeness (QED) is 0.608. The highest BCUT2D eigenvalue weighted by atomic mass is 16.5. The number of nitrogens with two attached hydrogens (primary N) is 1. The number of hydrazine groups is 1. The molecule has 1 aliphatic rings. The van der Waals surface area contributed by atoms with Crippen molar-refractivity contribution in [1.82, 2.24) is 5.43 Å². The maximum absolute atomic E-state index is 5.72. The molecular weight excluding hydrogens is 212 g/mol. The van der Waals surface area contributed by atoms with Crippen LogP contribution < -0.4 is 16.0 Å². The van der Waals surface area contributed by atoms with Gasteiger partial charge in [-0.25, -0.2) is 0 Å². The summed E-state index contributed by atoms with van der Waals surface area (Å²) < 4.78 is 5.54. The molecule has 1 saturated carbocycles. The van der Waals surface area contributed by atoms with Gasteiger partial charge >= 0.3 is 0 Å². The van der Waals surface area contributed by atoms with Crippen LogP contribution in [-0.4, -0.2) is 6.61 Å². The predicted octanol–water partition coefficient (Wildman–Crippen LogP) is 2.78. The van der Waals surface area contributed by atoms with Crippen molar-refractivity contribution in [3.8, 4) is 5.75 Å². The second-order valence-corrected chi connectivity index (χ2v) is 4.69. The minimum atomic E-state index is 0.262. The second kappa shape index (κ2) is 6.03. The van der Waals surface area contributed by atoms with Crippen LogP contribution in [0.1, 0.15) is 44.2 Å². The first-order chi connectivity index (χ1) is 8.35. The Bertz CT molecular complexity index is 348. The Labute approximate surface area is 103 Å². The molecule has 3 N–H and O–H groups in total. The summed E-state index contributed by atoms with van der Waals surface area (Å²) in [6.45, 7) is 2.70. The average Bonchev–Trinajstić information content (AvgIpc) is 2.85. The van der Waals surface area contributed by atoms with Crippen molar-refractivity contribution in [2.45, 2.75) is 38.6 Å². The van der Waals surface area contributed by atoms with E-state index in [0.717, 1.165) is 5.75 Å². The SMILES string of the molecule is CCOc1cccc(C(NN)C2CCCC2)c1. The van der Waals surface area contributed by atoms with Gasteiger partial charge in [0, 0.05) is 6.04 Å². The van der Waals surface area contributed by atoms with E-state index in [2.05, 4.69) is 17.6 Å². The van der Waals surface area contributed by atoms with E-state index in [1.807, 2.05) is 19.1 Å². The average molecular weight is 234 g/mol. The molecule has 1 aromatic rings. The van der Waals surface area contributed by atoms with Crippen LogP contribution in [0.25, 0.3) is 0 Å². The van der Waals surface area contributed by atoms with Crippen LogP contribution in [0, 0.1) is 5.92 Å². The van der Waals surface area contributed by atoms with Gasteiger partial charge in [-0.1, -0.05) is 25.0 Å². The molecule has 0 heterocycles. The summed E-state index contributed by atoms with van der Waals surface area (Å²) in [4.78, 5) is 0.